The lowest BCUT2D eigenvalue weighted by Gasteiger charge is -2.31. The Labute approximate surface area is 273 Å². The normalized spacial score (nSPS) is 23.7. The molecule has 4 aromatic carbocycles. The number of amides is 2. The van der Waals surface area contributed by atoms with Gasteiger partial charge in [-0.15, -0.1) is 0 Å². The van der Waals surface area contributed by atoms with E-state index in [-0.39, 0.29) is 31.4 Å². The molecule has 0 bridgehead atoms. The number of para-hydroxylation sites is 3. The summed E-state index contributed by atoms with van der Waals surface area (Å²) in [6.45, 7) is 5.22. The van der Waals surface area contributed by atoms with Crippen molar-refractivity contribution in [2.45, 2.75) is 50.2 Å². The van der Waals surface area contributed by atoms with Gasteiger partial charge in [0.1, 0.15) is 5.75 Å². The zero-order valence-corrected chi connectivity index (χ0v) is 27.5. The van der Waals surface area contributed by atoms with Gasteiger partial charge in [-0.1, -0.05) is 54.9 Å². The van der Waals surface area contributed by atoms with E-state index >= 15 is 4.11 Å². The number of carbonyl (C=O) groups excluding carboxylic acids is 2. The first-order chi connectivity index (χ1) is 22.0. The van der Waals surface area contributed by atoms with Crippen LogP contribution in [0.25, 0.3) is 0 Å². The maximum Gasteiger partial charge on any atom is 0.266 e. The molecule has 4 aromatic rings. The van der Waals surface area contributed by atoms with Crippen LogP contribution in [0.15, 0.2) is 91.0 Å². The highest BCUT2D eigenvalue weighted by Crippen LogP contribution is 2.60. The molecule has 10 heteroatoms. The van der Waals surface area contributed by atoms with E-state index in [1.54, 1.807) is 47.2 Å². The molecule has 2 amide bonds. The van der Waals surface area contributed by atoms with E-state index in [1.165, 1.54) is 0 Å². The fourth-order valence-corrected chi connectivity index (χ4v) is 10.3. The van der Waals surface area contributed by atoms with Crippen LogP contribution < -0.4 is 14.5 Å². The van der Waals surface area contributed by atoms with E-state index in [1.807, 2.05) is 73.7 Å². The highest BCUT2D eigenvalue weighted by atomic mass is 35.5. The van der Waals surface area contributed by atoms with Crippen LogP contribution in [0.4, 0.5) is 21.2 Å². The topological polar surface area (TPSA) is 79.3 Å². The number of anilines is 3. The quantitative estimate of drug-likeness (QED) is 0.167. The van der Waals surface area contributed by atoms with Gasteiger partial charge < -0.3 is 23.6 Å². The maximum atomic E-state index is 15.8. The number of nitrogens with zero attached hydrogens (tertiary/aromatic N) is 2. The first kappa shape index (κ1) is 30.6. The van der Waals surface area contributed by atoms with Gasteiger partial charge in [0.15, 0.2) is 11.4 Å². The minimum absolute atomic E-state index is 0.164. The summed E-state index contributed by atoms with van der Waals surface area (Å²) in [5, 5.41) is 10.3. The van der Waals surface area contributed by atoms with Gasteiger partial charge in [-0.05, 0) is 79.7 Å². The van der Waals surface area contributed by atoms with Crippen molar-refractivity contribution < 1.29 is 28.3 Å². The summed E-state index contributed by atoms with van der Waals surface area (Å²) in [7, 11) is -3.30. The van der Waals surface area contributed by atoms with Crippen LogP contribution >= 0.6 is 11.6 Å². The largest absolute Gasteiger partial charge is 0.454 e. The van der Waals surface area contributed by atoms with Crippen molar-refractivity contribution in [3.8, 4) is 11.5 Å². The first-order valence-corrected chi connectivity index (χ1v) is 18.8. The maximum absolute atomic E-state index is 15.8. The molecule has 46 heavy (non-hydrogen) atoms. The number of hydrogen-bond donors (Lipinski definition) is 1. The Kier molecular flexibility index (Phi) is 7.55. The van der Waals surface area contributed by atoms with E-state index in [0.29, 0.717) is 44.7 Å². The number of carbonyl (C=O) groups is 2. The van der Waals surface area contributed by atoms with Gasteiger partial charge in [-0.3, -0.25) is 14.5 Å². The van der Waals surface area contributed by atoms with Gasteiger partial charge in [0.2, 0.25) is 8.41 Å². The standard InChI is InChI=1S/C36H34ClFN2O5Si/c1-22-33(46(2,3)38)32(18-19-41)45-36(22)27-20-24(37)14-17-28(27)39(35(36)43)21-23-12-15-25(16-13-23)40-29-9-5-7-11-31(29)44-30-10-6-4-8-26(30)34(40)42/h4-17,20,22,32-33,41H,18-19,21H2,1-3H3/t22-,32+,33-,36+/m0/s1. The van der Waals surface area contributed by atoms with Crippen LogP contribution in [0.2, 0.25) is 23.7 Å². The zero-order valence-electron chi connectivity index (χ0n) is 25.7. The average Bonchev–Trinajstić information content (AvgIpc) is 3.40. The highest BCUT2D eigenvalue weighted by molar-refractivity contribution is 6.72. The molecule has 3 aliphatic rings. The number of ether oxygens (including phenoxy) is 2. The summed E-state index contributed by atoms with van der Waals surface area (Å²) in [4.78, 5) is 31.7. The molecule has 1 saturated heterocycles. The Bertz CT molecular complexity index is 1850. The molecule has 0 radical (unpaired) electrons. The average molecular weight is 657 g/mol. The molecule has 3 heterocycles. The summed E-state index contributed by atoms with van der Waals surface area (Å²) < 4.78 is 28.5. The summed E-state index contributed by atoms with van der Waals surface area (Å²) in [5.74, 6) is 0.109. The molecule has 0 aliphatic carbocycles. The molecule has 1 spiro atoms. The van der Waals surface area contributed by atoms with Crippen molar-refractivity contribution in [3.63, 3.8) is 0 Å². The molecule has 0 aromatic heterocycles. The molecular weight excluding hydrogens is 623 g/mol. The molecule has 0 unspecified atom stereocenters. The molecule has 0 saturated carbocycles. The smallest absolute Gasteiger partial charge is 0.266 e. The van der Waals surface area contributed by atoms with Crippen molar-refractivity contribution in [1.29, 1.82) is 0 Å². The zero-order chi connectivity index (χ0) is 32.4. The summed E-state index contributed by atoms with van der Waals surface area (Å²) in [5.41, 5.74) is 1.95. The minimum Gasteiger partial charge on any atom is -0.454 e. The number of aliphatic hydroxyl groups is 1. The molecule has 7 rings (SSSR count). The van der Waals surface area contributed by atoms with Gasteiger partial charge in [0.05, 0.1) is 29.6 Å². The minimum atomic E-state index is -3.30. The van der Waals surface area contributed by atoms with Crippen molar-refractivity contribution >= 4 is 48.9 Å². The molecule has 3 aliphatic heterocycles. The third kappa shape index (κ3) is 4.76. The van der Waals surface area contributed by atoms with Crippen LogP contribution in [0.1, 0.15) is 34.8 Å². The monoisotopic (exact) mass is 656 g/mol. The van der Waals surface area contributed by atoms with Crippen LogP contribution in [-0.4, -0.2) is 38.0 Å². The highest BCUT2D eigenvalue weighted by Gasteiger charge is 2.66. The summed E-state index contributed by atoms with van der Waals surface area (Å²) in [6.07, 6.45) is -0.347. The molecule has 7 nitrogen and oxygen atoms in total. The molecule has 4 atom stereocenters. The predicted molar refractivity (Wildman–Crippen MR) is 178 cm³/mol. The van der Waals surface area contributed by atoms with Crippen molar-refractivity contribution in [2.75, 3.05) is 16.4 Å². The number of halogens is 2. The molecule has 236 valence electrons. The van der Waals surface area contributed by atoms with E-state index in [4.69, 9.17) is 21.1 Å². The second kappa shape index (κ2) is 11.3. The van der Waals surface area contributed by atoms with Gasteiger partial charge in [-0.2, -0.15) is 0 Å². The predicted octanol–water partition coefficient (Wildman–Crippen LogP) is 8.13. The van der Waals surface area contributed by atoms with Gasteiger partial charge in [0, 0.05) is 34.3 Å². The molecular formula is C36H34ClFN2O5Si. The van der Waals surface area contributed by atoms with Crippen LogP contribution in [0.5, 0.6) is 11.5 Å². The Hall–Kier alpha value is -4.02. The Morgan fingerprint density at radius 3 is 2.35 bits per heavy atom. The lowest BCUT2D eigenvalue weighted by atomic mass is 9.82. The van der Waals surface area contributed by atoms with E-state index in [2.05, 4.69) is 0 Å². The second-order valence-electron chi connectivity index (χ2n) is 12.7. The third-order valence-electron chi connectivity index (χ3n) is 9.52. The van der Waals surface area contributed by atoms with Crippen LogP contribution in [-0.2, 0) is 21.7 Å². The van der Waals surface area contributed by atoms with E-state index < -0.39 is 31.6 Å². The number of aliphatic hydroxyl groups excluding tert-OH is 1. The van der Waals surface area contributed by atoms with Crippen LogP contribution in [0.3, 0.4) is 0 Å². The number of fused-ring (bicyclic) bond motifs is 4. The van der Waals surface area contributed by atoms with Gasteiger partial charge in [0.25, 0.3) is 11.8 Å². The van der Waals surface area contributed by atoms with E-state index in [0.717, 1.165) is 5.56 Å². The Morgan fingerprint density at radius 2 is 1.63 bits per heavy atom. The first-order valence-electron chi connectivity index (χ1n) is 15.4. The number of rotatable bonds is 6. The lowest BCUT2D eigenvalue weighted by molar-refractivity contribution is -0.146. The third-order valence-corrected chi connectivity index (χ3v) is 12.2. The summed E-state index contributed by atoms with van der Waals surface area (Å²) >= 11 is 6.46. The van der Waals surface area contributed by atoms with Crippen molar-refractivity contribution in [1.82, 2.24) is 0 Å². The fourth-order valence-electron chi connectivity index (χ4n) is 7.57. The number of benzene rings is 4. The van der Waals surface area contributed by atoms with Gasteiger partial charge in [-0.25, -0.2) is 0 Å². The number of hydrogen-bond acceptors (Lipinski definition) is 5. The fraction of sp³-hybridized carbons (Fsp3) is 0.278. The molecule has 1 N–H and O–H groups in total. The van der Waals surface area contributed by atoms with Crippen molar-refractivity contribution in [3.05, 3.63) is 113 Å². The lowest BCUT2D eigenvalue weighted by Crippen LogP contribution is -2.45. The van der Waals surface area contributed by atoms with E-state index in [9.17, 15) is 14.7 Å². The Balaban J connectivity index is 1.23. The van der Waals surface area contributed by atoms with Crippen LogP contribution in [0, 0.1) is 5.92 Å². The Morgan fingerprint density at radius 1 is 0.935 bits per heavy atom. The SMILES string of the molecule is C[C@H]1[C@H]([Si](C)(C)F)[C@@H](CCO)O[C@]12C(=O)N(Cc1ccc(N3C(=O)c4ccccc4Oc4ccccc43)cc1)c1ccc(Cl)cc12. The second-order valence-corrected chi connectivity index (χ2v) is 16.9. The summed E-state index contributed by atoms with van der Waals surface area (Å²) in [6, 6.07) is 27.4. The van der Waals surface area contributed by atoms with Gasteiger partial charge >= 0.3 is 0 Å². The van der Waals surface area contributed by atoms with Crippen molar-refractivity contribution in [2.24, 2.45) is 5.92 Å². The molecule has 1 fully saturated rings.